The van der Waals surface area contributed by atoms with Gasteiger partial charge in [0.2, 0.25) is 5.91 Å². The zero-order valence-corrected chi connectivity index (χ0v) is 16.2. The number of unbranched alkanes of at least 4 members (excludes halogenated alkanes) is 1. The molecule has 1 rings (SSSR count). The Bertz CT molecular complexity index is 588. The molecular weight excluding hydrogens is 369 g/mol. The van der Waals surface area contributed by atoms with Gasteiger partial charge in [-0.2, -0.15) is 11.8 Å². The van der Waals surface area contributed by atoms with Crippen LogP contribution in [0.3, 0.4) is 0 Å². The average Bonchev–Trinajstić information content (AvgIpc) is 2.64. The van der Waals surface area contributed by atoms with Crippen molar-refractivity contribution < 1.29 is 24.7 Å². The van der Waals surface area contributed by atoms with Gasteiger partial charge in [0.25, 0.3) is 5.91 Å². The van der Waals surface area contributed by atoms with Crippen molar-refractivity contribution in [2.24, 2.45) is 5.73 Å². The Hall–Kier alpha value is -1.75. The van der Waals surface area contributed by atoms with Gasteiger partial charge in [0.1, 0.15) is 11.8 Å². The fourth-order valence-electron chi connectivity index (χ4n) is 2.44. The second-order valence-corrected chi connectivity index (χ2v) is 7.15. The van der Waals surface area contributed by atoms with Gasteiger partial charge < -0.3 is 31.5 Å². The molecule has 0 aliphatic carbocycles. The molecule has 7 N–H and O–H groups in total. The molecule has 0 aromatic heterocycles. The maximum absolute atomic E-state index is 12.6. The molecule has 0 unspecified atom stereocenters. The minimum atomic E-state index is -1.68. The fourth-order valence-corrected chi connectivity index (χ4v) is 2.93. The van der Waals surface area contributed by atoms with Crippen LogP contribution in [0.1, 0.15) is 36.0 Å². The Morgan fingerprint density at radius 1 is 1.15 bits per heavy atom. The molecule has 0 radical (unpaired) electrons. The van der Waals surface area contributed by atoms with Crippen LogP contribution in [0, 0.1) is 0 Å². The highest BCUT2D eigenvalue weighted by atomic mass is 32.2. The van der Waals surface area contributed by atoms with E-state index < -0.39 is 30.9 Å². The first kappa shape index (κ1) is 23.3. The number of amides is 2. The summed E-state index contributed by atoms with van der Waals surface area (Å²) in [6.45, 7) is 0.478. The quantitative estimate of drug-likeness (QED) is 0.213. The molecule has 150 valence electrons. The zero-order valence-electron chi connectivity index (χ0n) is 15.4. The summed E-state index contributed by atoms with van der Waals surface area (Å²) in [6.07, 6.45) is 4.00. The number of nitrogens with two attached hydrogens (primary N) is 1. The van der Waals surface area contributed by atoms with E-state index >= 15 is 0 Å². The van der Waals surface area contributed by atoms with Crippen LogP contribution >= 0.6 is 11.8 Å². The smallest absolute Gasteiger partial charge is 0.475 e. The number of benzene rings is 1. The molecule has 0 spiro atoms. The third-order valence-corrected chi connectivity index (χ3v) is 4.66. The number of aromatic hydroxyl groups is 1. The van der Waals surface area contributed by atoms with Crippen LogP contribution < -0.4 is 16.4 Å². The summed E-state index contributed by atoms with van der Waals surface area (Å²) in [7, 11) is -1.68. The summed E-state index contributed by atoms with van der Waals surface area (Å²) in [5, 5.41) is 33.5. The summed E-state index contributed by atoms with van der Waals surface area (Å²) in [4.78, 5) is 25.0. The number of hydrogen-bond donors (Lipinski definition) is 6. The number of carbonyl (C=O) groups excluding carboxylic acids is 2. The van der Waals surface area contributed by atoms with E-state index in [-0.39, 0.29) is 5.75 Å². The third-order valence-electron chi connectivity index (χ3n) is 4.02. The van der Waals surface area contributed by atoms with Gasteiger partial charge in [-0.3, -0.25) is 9.59 Å². The average molecular weight is 397 g/mol. The van der Waals surface area contributed by atoms with Gasteiger partial charge in [-0.15, -0.1) is 0 Å². The maximum Gasteiger partial charge on any atom is 0.475 e. The molecule has 27 heavy (non-hydrogen) atoms. The lowest BCUT2D eigenvalue weighted by Gasteiger charge is -2.23. The van der Waals surface area contributed by atoms with E-state index in [0.29, 0.717) is 43.5 Å². The topological polar surface area (TPSA) is 145 Å². The van der Waals surface area contributed by atoms with Crippen molar-refractivity contribution in [1.82, 2.24) is 10.6 Å². The summed E-state index contributed by atoms with van der Waals surface area (Å²) in [5.41, 5.74) is 5.80. The van der Waals surface area contributed by atoms with Gasteiger partial charge in [0.05, 0.1) is 5.94 Å². The van der Waals surface area contributed by atoms with Crippen LogP contribution in [0.4, 0.5) is 0 Å². The highest BCUT2D eigenvalue weighted by Gasteiger charge is 2.29. The van der Waals surface area contributed by atoms with E-state index in [0.717, 1.165) is 0 Å². The van der Waals surface area contributed by atoms with E-state index in [4.69, 9.17) is 5.73 Å². The lowest BCUT2D eigenvalue weighted by Crippen LogP contribution is -2.54. The highest BCUT2D eigenvalue weighted by molar-refractivity contribution is 7.98. The van der Waals surface area contributed by atoms with Gasteiger partial charge in [-0.05, 0) is 68.5 Å². The zero-order chi connectivity index (χ0) is 20.2. The third kappa shape index (κ3) is 8.66. The maximum atomic E-state index is 12.6. The van der Waals surface area contributed by atoms with E-state index in [2.05, 4.69) is 10.6 Å². The molecule has 0 aliphatic heterocycles. The Kier molecular flexibility index (Phi) is 10.9. The molecule has 0 fully saturated rings. The van der Waals surface area contributed by atoms with Crippen LogP contribution in [0.15, 0.2) is 24.3 Å². The molecule has 0 saturated carbocycles. The number of hydrogen-bond acceptors (Lipinski definition) is 7. The van der Waals surface area contributed by atoms with Crippen molar-refractivity contribution >= 4 is 30.7 Å². The van der Waals surface area contributed by atoms with E-state index in [1.54, 1.807) is 0 Å². The minimum Gasteiger partial charge on any atom is -0.508 e. The monoisotopic (exact) mass is 397 g/mol. The van der Waals surface area contributed by atoms with Gasteiger partial charge in [0.15, 0.2) is 0 Å². The molecule has 1 aromatic carbocycles. The molecule has 10 heteroatoms. The van der Waals surface area contributed by atoms with Crippen molar-refractivity contribution in [1.29, 1.82) is 0 Å². The standard InChI is InChI=1S/C17H28BN3O5S/c1-27-11-9-15(18(25)26)21-17(24)14(4-2-3-10-19)20-16(23)12-5-7-13(22)8-6-12/h5-8,14-15,22,25-26H,2-4,9-11,19H2,1H3,(H,20,23)(H,21,24)/t14-,15-/m0/s1. The molecule has 2 atom stereocenters. The number of phenols is 1. The molecule has 8 nitrogen and oxygen atoms in total. The van der Waals surface area contributed by atoms with Gasteiger partial charge in [0, 0.05) is 5.56 Å². The summed E-state index contributed by atoms with van der Waals surface area (Å²) < 4.78 is 0. The van der Waals surface area contributed by atoms with Crippen LogP contribution in [0.2, 0.25) is 0 Å². The molecule has 0 aliphatic rings. The highest BCUT2D eigenvalue weighted by Crippen LogP contribution is 2.11. The number of carbonyl (C=O) groups is 2. The van der Waals surface area contributed by atoms with Gasteiger partial charge in [-0.1, -0.05) is 0 Å². The molecule has 1 aromatic rings. The lowest BCUT2D eigenvalue weighted by atomic mass is 9.77. The largest absolute Gasteiger partial charge is 0.508 e. The molecule has 2 amide bonds. The number of nitrogens with one attached hydrogen (secondary N) is 2. The van der Waals surface area contributed by atoms with Crippen molar-refractivity contribution in [2.45, 2.75) is 37.7 Å². The van der Waals surface area contributed by atoms with Crippen molar-refractivity contribution in [2.75, 3.05) is 18.6 Å². The first-order valence-corrected chi connectivity index (χ1v) is 10.2. The van der Waals surface area contributed by atoms with Crippen LogP contribution in [0.5, 0.6) is 5.75 Å². The van der Waals surface area contributed by atoms with Crippen molar-refractivity contribution in [3.63, 3.8) is 0 Å². The first-order chi connectivity index (χ1) is 12.9. The fraction of sp³-hybridized carbons (Fsp3) is 0.529. The summed E-state index contributed by atoms with van der Waals surface area (Å²) >= 11 is 1.53. The van der Waals surface area contributed by atoms with Crippen LogP contribution in [-0.4, -0.2) is 64.6 Å². The van der Waals surface area contributed by atoms with Gasteiger partial charge in [-0.25, -0.2) is 0 Å². The molecule has 0 heterocycles. The van der Waals surface area contributed by atoms with E-state index in [9.17, 15) is 24.7 Å². The number of rotatable bonds is 12. The Balaban J connectivity index is 2.79. The van der Waals surface area contributed by atoms with Crippen molar-refractivity contribution in [3.8, 4) is 5.75 Å². The first-order valence-electron chi connectivity index (χ1n) is 8.84. The van der Waals surface area contributed by atoms with E-state index in [1.165, 1.54) is 36.0 Å². The summed E-state index contributed by atoms with van der Waals surface area (Å²) in [6, 6.07) is 4.86. The molecule has 0 saturated heterocycles. The molecular formula is C17H28BN3O5S. The Morgan fingerprint density at radius 2 is 1.81 bits per heavy atom. The Labute approximate surface area is 164 Å². The van der Waals surface area contributed by atoms with Crippen LogP contribution in [0.25, 0.3) is 0 Å². The van der Waals surface area contributed by atoms with Crippen LogP contribution in [-0.2, 0) is 4.79 Å². The number of thioether (sulfide) groups is 1. The predicted molar refractivity (Wildman–Crippen MR) is 107 cm³/mol. The predicted octanol–water partition coefficient (Wildman–Crippen LogP) is -0.130. The SMILES string of the molecule is CSCC[C@H](NC(=O)[C@H](CCCCN)NC(=O)c1ccc(O)cc1)B(O)O. The molecule has 0 bridgehead atoms. The second kappa shape index (κ2) is 12.6. The van der Waals surface area contributed by atoms with Gasteiger partial charge >= 0.3 is 7.12 Å². The lowest BCUT2D eigenvalue weighted by molar-refractivity contribution is -0.123. The van der Waals surface area contributed by atoms with Crippen molar-refractivity contribution in [3.05, 3.63) is 29.8 Å². The number of phenolic OH excluding ortho intramolecular Hbond substituents is 1. The minimum absolute atomic E-state index is 0.0392. The van der Waals surface area contributed by atoms with E-state index in [1.807, 2.05) is 6.26 Å². The second-order valence-electron chi connectivity index (χ2n) is 6.17. The Morgan fingerprint density at radius 3 is 2.37 bits per heavy atom. The normalized spacial score (nSPS) is 12.9. The summed E-state index contributed by atoms with van der Waals surface area (Å²) in [5.74, 6) is -1.04.